The van der Waals surface area contributed by atoms with Crippen LogP contribution in [0.15, 0.2) is 28.7 Å². The molecule has 1 aromatic rings. The highest BCUT2D eigenvalue weighted by Crippen LogP contribution is 2.33. The third kappa shape index (κ3) is 2.52. The maximum Gasteiger partial charge on any atom is 0.121 e. The zero-order valence-electron chi connectivity index (χ0n) is 8.71. The molecule has 1 aliphatic carbocycles. The Kier molecular flexibility index (Phi) is 3.32. The van der Waals surface area contributed by atoms with E-state index in [1.165, 1.54) is 12.8 Å². The molecular formula is C12H16BrNO. The summed E-state index contributed by atoms with van der Waals surface area (Å²) in [4.78, 5) is 0. The van der Waals surface area contributed by atoms with Crippen molar-refractivity contribution in [2.45, 2.75) is 31.3 Å². The van der Waals surface area contributed by atoms with Gasteiger partial charge in [0.05, 0.1) is 0 Å². The van der Waals surface area contributed by atoms with Gasteiger partial charge >= 0.3 is 0 Å². The zero-order valence-corrected chi connectivity index (χ0v) is 10.3. The molecule has 0 amide bonds. The Labute approximate surface area is 98.9 Å². The molecule has 0 unspecified atom stereocenters. The topological polar surface area (TPSA) is 35.2 Å². The highest BCUT2D eigenvalue weighted by molar-refractivity contribution is 9.10. The number of halogens is 1. The van der Waals surface area contributed by atoms with Gasteiger partial charge in [-0.15, -0.1) is 0 Å². The van der Waals surface area contributed by atoms with Gasteiger partial charge in [-0.2, -0.15) is 0 Å². The summed E-state index contributed by atoms with van der Waals surface area (Å²) < 4.78 is 7.09. The van der Waals surface area contributed by atoms with Crippen molar-refractivity contribution in [2.24, 2.45) is 5.73 Å². The smallest absolute Gasteiger partial charge is 0.121 e. The van der Waals surface area contributed by atoms with Gasteiger partial charge in [-0.25, -0.2) is 0 Å². The number of benzene rings is 1. The van der Waals surface area contributed by atoms with Crippen molar-refractivity contribution in [1.82, 2.24) is 0 Å². The van der Waals surface area contributed by atoms with Crippen molar-refractivity contribution >= 4 is 15.9 Å². The summed E-state index contributed by atoms with van der Waals surface area (Å²) in [5.74, 6) is 0.922. The lowest BCUT2D eigenvalue weighted by atomic mass is 10.0. The molecule has 1 aliphatic rings. The summed E-state index contributed by atoms with van der Waals surface area (Å²) in [5, 5.41) is 0. The minimum atomic E-state index is -0.103. The van der Waals surface area contributed by atoms with Crippen LogP contribution in [0.3, 0.4) is 0 Å². The second kappa shape index (κ2) is 4.54. The molecule has 0 aromatic heterocycles. The van der Waals surface area contributed by atoms with Gasteiger partial charge in [-0.3, -0.25) is 0 Å². The highest BCUT2D eigenvalue weighted by Gasteiger charge is 2.34. The second-order valence-electron chi connectivity index (χ2n) is 4.15. The van der Waals surface area contributed by atoms with E-state index in [2.05, 4.69) is 15.9 Å². The summed E-state index contributed by atoms with van der Waals surface area (Å²) in [5.41, 5.74) is 5.71. The van der Waals surface area contributed by atoms with E-state index >= 15 is 0 Å². The molecule has 0 radical (unpaired) electrons. The van der Waals surface area contributed by atoms with Crippen LogP contribution < -0.4 is 10.5 Å². The van der Waals surface area contributed by atoms with E-state index in [0.717, 1.165) is 23.1 Å². The van der Waals surface area contributed by atoms with Crippen molar-refractivity contribution in [3.8, 4) is 5.75 Å². The first kappa shape index (κ1) is 11.0. The summed E-state index contributed by atoms with van der Waals surface area (Å²) in [7, 11) is 0. The predicted molar refractivity (Wildman–Crippen MR) is 65.0 cm³/mol. The molecule has 2 N–H and O–H groups in total. The third-order valence-electron chi connectivity index (χ3n) is 3.03. The van der Waals surface area contributed by atoms with Crippen LogP contribution >= 0.6 is 15.9 Å². The van der Waals surface area contributed by atoms with Crippen LogP contribution in [-0.2, 0) is 0 Å². The quantitative estimate of drug-likeness (QED) is 0.916. The van der Waals surface area contributed by atoms with E-state index in [-0.39, 0.29) is 5.60 Å². The van der Waals surface area contributed by atoms with Gasteiger partial charge in [-0.1, -0.05) is 15.9 Å². The molecule has 0 spiro atoms. The Hall–Kier alpha value is -0.540. The molecular weight excluding hydrogens is 254 g/mol. The number of hydrogen-bond acceptors (Lipinski definition) is 2. The van der Waals surface area contributed by atoms with Gasteiger partial charge in [0.15, 0.2) is 0 Å². The maximum absolute atomic E-state index is 6.02. The Bertz CT molecular complexity index is 317. The van der Waals surface area contributed by atoms with E-state index < -0.39 is 0 Å². The summed E-state index contributed by atoms with van der Waals surface area (Å²) in [6.07, 6.45) is 4.63. The van der Waals surface area contributed by atoms with Crippen LogP contribution in [0.1, 0.15) is 25.7 Å². The Balaban J connectivity index is 2.09. The van der Waals surface area contributed by atoms with Gasteiger partial charge in [0, 0.05) is 11.0 Å². The Morgan fingerprint density at radius 1 is 1.20 bits per heavy atom. The SMILES string of the molecule is NCC1(Oc2ccc(Br)cc2)CCCC1. The molecule has 3 heteroatoms. The van der Waals surface area contributed by atoms with Crippen molar-refractivity contribution in [2.75, 3.05) is 6.54 Å². The Morgan fingerprint density at radius 2 is 1.80 bits per heavy atom. The van der Waals surface area contributed by atoms with Crippen LogP contribution in [-0.4, -0.2) is 12.1 Å². The molecule has 15 heavy (non-hydrogen) atoms. The first-order valence-electron chi connectivity index (χ1n) is 5.39. The molecule has 1 saturated carbocycles. The van der Waals surface area contributed by atoms with Gasteiger partial charge in [0.1, 0.15) is 11.4 Å². The first-order valence-corrected chi connectivity index (χ1v) is 6.18. The normalized spacial score (nSPS) is 19.1. The fourth-order valence-electron chi connectivity index (χ4n) is 2.12. The lowest BCUT2D eigenvalue weighted by molar-refractivity contribution is 0.0853. The van der Waals surface area contributed by atoms with Crippen LogP contribution in [0.2, 0.25) is 0 Å². The van der Waals surface area contributed by atoms with E-state index in [1.807, 2.05) is 24.3 Å². The van der Waals surface area contributed by atoms with Crippen molar-refractivity contribution in [3.05, 3.63) is 28.7 Å². The molecule has 0 aliphatic heterocycles. The summed E-state index contributed by atoms with van der Waals surface area (Å²) >= 11 is 3.41. The average Bonchev–Trinajstić information content (AvgIpc) is 2.71. The number of ether oxygens (including phenoxy) is 1. The highest BCUT2D eigenvalue weighted by atomic mass is 79.9. The van der Waals surface area contributed by atoms with E-state index in [0.29, 0.717) is 6.54 Å². The number of rotatable bonds is 3. The van der Waals surface area contributed by atoms with Crippen LogP contribution in [0.5, 0.6) is 5.75 Å². The fraction of sp³-hybridized carbons (Fsp3) is 0.500. The maximum atomic E-state index is 6.02. The molecule has 2 rings (SSSR count). The summed E-state index contributed by atoms with van der Waals surface area (Å²) in [6.45, 7) is 0.614. The number of hydrogen-bond donors (Lipinski definition) is 1. The second-order valence-corrected chi connectivity index (χ2v) is 5.07. The molecule has 82 valence electrons. The van der Waals surface area contributed by atoms with Gasteiger partial charge in [0.25, 0.3) is 0 Å². The fourth-order valence-corrected chi connectivity index (χ4v) is 2.38. The van der Waals surface area contributed by atoms with E-state index in [4.69, 9.17) is 10.5 Å². The molecule has 1 fully saturated rings. The molecule has 0 heterocycles. The predicted octanol–water partition coefficient (Wildman–Crippen LogP) is 3.10. The lowest BCUT2D eigenvalue weighted by Crippen LogP contribution is -2.40. The minimum Gasteiger partial charge on any atom is -0.486 e. The minimum absolute atomic E-state index is 0.103. The molecule has 2 nitrogen and oxygen atoms in total. The van der Waals surface area contributed by atoms with Gasteiger partial charge < -0.3 is 10.5 Å². The van der Waals surface area contributed by atoms with Crippen LogP contribution in [0.4, 0.5) is 0 Å². The molecule has 0 saturated heterocycles. The average molecular weight is 270 g/mol. The van der Waals surface area contributed by atoms with Gasteiger partial charge in [0.2, 0.25) is 0 Å². The van der Waals surface area contributed by atoms with Crippen LogP contribution in [0.25, 0.3) is 0 Å². The van der Waals surface area contributed by atoms with Crippen molar-refractivity contribution in [1.29, 1.82) is 0 Å². The number of nitrogens with two attached hydrogens (primary N) is 1. The largest absolute Gasteiger partial charge is 0.486 e. The molecule has 1 aromatic carbocycles. The Morgan fingerprint density at radius 3 is 2.33 bits per heavy atom. The molecule has 0 bridgehead atoms. The summed E-state index contributed by atoms with van der Waals surface area (Å²) in [6, 6.07) is 7.96. The molecule has 0 atom stereocenters. The third-order valence-corrected chi connectivity index (χ3v) is 3.56. The van der Waals surface area contributed by atoms with E-state index in [1.54, 1.807) is 0 Å². The van der Waals surface area contributed by atoms with Crippen LogP contribution in [0, 0.1) is 0 Å². The van der Waals surface area contributed by atoms with Gasteiger partial charge in [-0.05, 0) is 49.9 Å². The standard InChI is InChI=1S/C12H16BrNO/c13-10-3-5-11(6-4-10)15-12(9-14)7-1-2-8-12/h3-6H,1-2,7-9,14H2. The first-order chi connectivity index (χ1) is 7.24. The lowest BCUT2D eigenvalue weighted by Gasteiger charge is -2.28. The monoisotopic (exact) mass is 269 g/mol. The van der Waals surface area contributed by atoms with E-state index in [9.17, 15) is 0 Å². The van der Waals surface area contributed by atoms with Crippen molar-refractivity contribution < 1.29 is 4.74 Å². The zero-order chi connectivity index (χ0) is 10.7. The van der Waals surface area contributed by atoms with Crippen molar-refractivity contribution in [3.63, 3.8) is 0 Å².